The molecule has 13 heteroatoms. The maximum atomic E-state index is 13.2. The lowest BCUT2D eigenvalue weighted by Crippen LogP contribution is -2.26. The van der Waals surface area contributed by atoms with E-state index in [2.05, 4.69) is 25.7 Å². The van der Waals surface area contributed by atoms with Gasteiger partial charge in [0.15, 0.2) is 0 Å². The molecule has 0 aliphatic carbocycles. The lowest BCUT2D eigenvalue weighted by atomic mass is 10.1. The molecule has 0 radical (unpaired) electrons. The minimum absolute atomic E-state index is 0.0590. The highest BCUT2D eigenvalue weighted by molar-refractivity contribution is 6.04. The van der Waals surface area contributed by atoms with Gasteiger partial charge in [0.2, 0.25) is 11.9 Å². The van der Waals surface area contributed by atoms with Gasteiger partial charge >= 0.3 is 6.09 Å². The third kappa shape index (κ3) is 5.48. The van der Waals surface area contributed by atoms with Crippen molar-refractivity contribution in [2.45, 2.75) is 33.0 Å². The predicted octanol–water partition coefficient (Wildman–Crippen LogP) is 2.72. The van der Waals surface area contributed by atoms with Gasteiger partial charge in [-0.05, 0) is 44.2 Å². The Bertz CT molecular complexity index is 1610. The number of alkyl carbamates (subject to hydrolysis) is 1. The molecule has 0 bridgehead atoms. The molecule has 0 saturated carbocycles. The summed E-state index contributed by atoms with van der Waals surface area (Å²) in [6.07, 6.45) is 4.63. The van der Waals surface area contributed by atoms with E-state index in [0.29, 0.717) is 34.7 Å². The summed E-state index contributed by atoms with van der Waals surface area (Å²) in [5, 5.41) is 9.89. The largest absolute Gasteiger partial charge is 0.489 e. The molecule has 4 N–H and O–H groups in total. The Morgan fingerprint density at radius 2 is 2.10 bits per heavy atom. The van der Waals surface area contributed by atoms with Crippen LogP contribution in [-0.2, 0) is 17.9 Å². The standard InChI is InChI=1S/C27H28N8O5/c1-3-34-21(11-16(2)33-34)25(37)32-26-31-20-12-17(24(28)36)13-22-23(20)35(26)19(15-39-22)8-6-10-30-27(38)40-14-18-7-4-5-9-29-18/h4-9,11-13,19H,3,10,14-15H2,1-2H3,(H2,28,36)(H,30,38)(H,31,32,37)/b8-6+/t19-/m0/s1. The summed E-state index contributed by atoms with van der Waals surface area (Å²) in [4.78, 5) is 45.9. The average Bonchev–Trinajstić information content (AvgIpc) is 3.52. The van der Waals surface area contributed by atoms with E-state index in [0.717, 1.165) is 5.69 Å². The topological polar surface area (TPSA) is 168 Å². The second-order valence-electron chi connectivity index (χ2n) is 9.04. The fraction of sp³-hybridized carbons (Fsp3) is 0.259. The number of aryl methyl sites for hydroxylation is 2. The summed E-state index contributed by atoms with van der Waals surface area (Å²) in [6, 6.07) is 9.80. The van der Waals surface area contributed by atoms with Crippen LogP contribution in [0.25, 0.3) is 11.0 Å². The second kappa shape index (κ2) is 11.3. The van der Waals surface area contributed by atoms with Crippen molar-refractivity contribution in [3.63, 3.8) is 0 Å². The van der Waals surface area contributed by atoms with E-state index in [9.17, 15) is 14.4 Å². The van der Waals surface area contributed by atoms with E-state index in [-0.39, 0.29) is 43.2 Å². The maximum Gasteiger partial charge on any atom is 0.407 e. The molecule has 0 unspecified atom stereocenters. The van der Waals surface area contributed by atoms with Gasteiger partial charge in [0, 0.05) is 24.8 Å². The summed E-state index contributed by atoms with van der Waals surface area (Å²) >= 11 is 0. The third-order valence-electron chi connectivity index (χ3n) is 6.24. The first-order valence-electron chi connectivity index (χ1n) is 12.7. The van der Waals surface area contributed by atoms with E-state index < -0.39 is 12.0 Å². The molecule has 0 fully saturated rings. The average molecular weight is 545 g/mol. The number of hydrogen-bond acceptors (Lipinski definition) is 8. The molecular weight excluding hydrogens is 516 g/mol. The number of nitrogens with zero attached hydrogens (tertiary/aromatic N) is 5. The van der Waals surface area contributed by atoms with Crippen LogP contribution < -0.4 is 21.1 Å². The highest BCUT2D eigenvalue weighted by Crippen LogP contribution is 2.37. The molecule has 1 aliphatic heterocycles. The number of ether oxygens (including phenoxy) is 2. The van der Waals surface area contributed by atoms with Crippen LogP contribution in [0.3, 0.4) is 0 Å². The highest BCUT2D eigenvalue weighted by Gasteiger charge is 2.28. The Hall–Kier alpha value is -5.20. The number of nitrogens with one attached hydrogen (secondary N) is 2. The zero-order chi connectivity index (χ0) is 28.2. The van der Waals surface area contributed by atoms with Gasteiger partial charge in [0.25, 0.3) is 5.91 Å². The molecule has 1 atom stereocenters. The van der Waals surface area contributed by atoms with Gasteiger partial charge in [-0.1, -0.05) is 18.2 Å². The predicted molar refractivity (Wildman–Crippen MR) is 145 cm³/mol. The minimum Gasteiger partial charge on any atom is -0.489 e. The van der Waals surface area contributed by atoms with Crippen molar-refractivity contribution in [1.82, 2.24) is 29.6 Å². The van der Waals surface area contributed by atoms with Crippen molar-refractivity contribution in [1.29, 1.82) is 0 Å². The molecule has 13 nitrogen and oxygen atoms in total. The van der Waals surface area contributed by atoms with Gasteiger partial charge in [-0.3, -0.25) is 29.1 Å². The molecular formula is C27H28N8O5. The fourth-order valence-electron chi connectivity index (χ4n) is 4.43. The van der Waals surface area contributed by atoms with Crippen LogP contribution in [0.4, 0.5) is 10.7 Å². The number of primary amides is 1. The second-order valence-corrected chi connectivity index (χ2v) is 9.04. The zero-order valence-electron chi connectivity index (χ0n) is 22.0. The van der Waals surface area contributed by atoms with Gasteiger partial charge in [-0.2, -0.15) is 5.10 Å². The lowest BCUT2D eigenvalue weighted by molar-refractivity contribution is 0.0995. The zero-order valence-corrected chi connectivity index (χ0v) is 22.0. The van der Waals surface area contributed by atoms with E-state index in [1.165, 1.54) is 0 Å². The quantitative estimate of drug-likeness (QED) is 0.270. The van der Waals surface area contributed by atoms with Crippen LogP contribution in [0.1, 0.15) is 45.2 Å². The summed E-state index contributed by atoms with van der Waals surface area (Å²) < 4.78 is 14.6. The number of rotatable bonds is 9. The van der Waals surface area contributed by atoms with Crippen LogP contribution in [0.15, 0.2) is 54.7 Å². The Balaban J connectivity index is 1.36. The van der Waals surface area contributed by atoms with Crippen molar-refractivity contribution in [2.75, 3.05) is 18.5 Å². The smallest absolute Gasteiger partial charge is 0.407 e. The number of amides is 3. The molecule has 40 heavy (non-hydrogen) atoms. The first-order valence-corrected chi connectivity index (χ1v) is 12.7. The number of imidazole rings is 1. The van der Waals surface area contributed by atoms with Crippen LogP contribution >= 0.6 is 0 Å². The van der Waals surface area contributed by atoms with Crippen LogP contribution in [0.2, 0.25) is 0 Å². The van der Waals surface area contributed by atoms with Crippen molar-refractivity contribution in [3.05, 3.63) is 77.4 Å². The van der Waals surface area contributed by atoms with Gasteiger partial charge in [-0.15, -0.1) is 0 Å². The molecule has 3 amide bonds. The Morgan fingerprint density at radius 1 is 1.25 bits per heavy atom. The van der Waals surface area contributed by atoms with Gasteiger partial charge in [-0.25, -0.2) is 9.78 Å². The molecule has 3 aromatic heterocycles. The number of carbonyl (C=O) groups is 3. The van der Waals surface area contributed by atoms with E-state index in [4.69, 9.17) is 15.2 Å². The highest BCUT2D eigenvalue weighted by atomic mass is 16.5. The number of anilines is 1. The number of carbonyl (C=O) groups excluding carboxylic acids is 3. The molecule has 0 spiro atoms. The summed E-state index contributed by atoms with van der Waals surface area (Å²) in [5.41, 5.74) is 8.54. The summed E-state index contributed by atoms with van der Waals surface area (Å²) in [6.45, 7) is 4.68. The van der Waals surface area contributed by atoms with Crippen LogP contribution in [-0.4, -0.2) is 55.4 Å². The Labute approximate surface area is 229 Å². The molecule has 5 rings (SSSR count). The maximum absolute atomic E-state index is 13.2. The molecule has 1 aliphatic rings. The van der Waals surface area contributed by atoms with Crippen molar-refractivity contribution in [2.24, 2.45) is 5.73 Å². The van der Waals surface area contributed by atoms with Crippen LogP contribution in [0.5, 0.6) is 5.75 Å². The van der Waals surface area contributed by atoms with Crippen LogP contribution in [0, 0.1) is 6.92 Å². The van der Waals surface area contributed by atoms with Crippen molar-refractivity contribution >= 4 is 34.9 Å². The van der Waals surface area contributed by atoms with E-state index in [1.807, 2.05) is 30.6 Å². The van der Waals surface area contributed by atoms with Crippen molar-refractivity contribution in [3.8, 4) is 5.75 Å². The monoisotopic (exact) mass is 544 g/mol. The fourth-order valence-corrected chi connectivity index (χ4v) is 4.43. The Kier molecular flexibility index (Phi) is 7.44. The molecule has 206 valence electrons. The number of hydrogen-bond donors (Lipinski definition) is 3. The van der Waals surface area contributed by atoms with Gasteiger partial charge in [0.05, 0.1) is 22.9 Å². The van der Waals surface area contributed by atoms with Crippen molar-refractivity contribution < 1.29 is 23.9 Å². The first kappa shape index (κ1) is 26.4. The normalized spacial score (nSPS) is 14.2. The number of aromatic nitrogens is 5. The molecule has 4 aromatic rings. The third-order valence-corrected chi connectivity index (χ3v) is 6.24. The Morgan fingerprint density at radius 3 is 2.85 bits per heavy atom. The molecule has 0 saturated heterocycles. The first-order chi connectivity index (χ1) is 19.3. The number of nitrogens with two attached hydrogens (primary N) is 1. The molecule has 1 aromatic carbocycles. The SMILES string of the molecule is CCn1nc(C)cc1C(=O)Nc1nc2cc(C(N)=O)cc3c2n1[C@@H](/C=C/CNC(=O)OCc1ccccn1)CO3. The van der Waals surface area contributed by atoms with Gasteiger partial charge in [0.1, 0.15) is 30.2 Å². The van der Waals surface area contributed by atoms with E-state index in [1.54, 1.807) is 47.3 Å². The minimum atomic E-state index is -0.618. The summed E-state index contributed by atoms with van der Waals surface area (Å²) in [7, 11) is 0. The summed E-state index contributed by atoms with van der Waals surface area (Å²) in [5.74, 6) is -0.302. The van der Waals surface area contributed by atoms with E-state index >= 15 is 0 Å². The molecule has 4 heterocycles. The lowest BCUT2D eigenvalue weighted by Gasteiger charge is -2.25. The van der Waals surface area contributed by atoms with Gasteiger partial charge < -0.3 is 20.5 Å². The number of benzene rings is 1. The number of pyridine rings is 1.